The third kappa shape index (κ3) is 2.56. The average molecular weight is 345 g/mol. The summed E-state index contributed by atoms with van der Waals surface area (Å²) in [5.41, 5.74) is 10.9. The number of fused-ring (bicyclic) bond motifs is 1. The van der Waals surface area contributed by atoms with Crippen molar-refractivity contribution >= 4 is 27.5 Å². The molecule has 2 aromatic carbocycles. The molecule has 0 atom stereocenters. The van der Waals surface area contributed by atoms with E-state index in [0.717, 1.165) is 33.3 Å². The molecule has 0 spiro atoms. The third-order valence-electron chi connectivity index (χ3n) is 4.09. The Morgan fingerprint density at radius 1 is 1.24 bits per heavy atom. The Balaban J connectivity index is 1.89. The SMILES string of the molecule is Cc1c(Br)cccc1C(=O)N1CCc2c(N)cccc2C1. The number of halogens is 1. The van der Waals surface area contributed by atoms with E-state index in [1.54, 1.807) is 0 Å². The van der Waals surface area contributed by atoms with Crippen molar-refractivity contribution in [1.29, 1.82) is 0 Å². The van der Waals surface area contributed by atoms with E-state index in [4.69, 9.17) is 5.73 Å². The van der Waals surface area contributed by atoms with Gasteiger partial charge in [0.1, 0.15) is 0 Å². The second kappa shape index (κ2) is 5.53. The molecule has 4 heteroatoms. The fourth-order valence-corrected chi connectivity index (χ4v) is 3.19. The summed E-state index contributed by atoms with van der Waals surface area (Å²) < 4.78 is 0.968. The second-order valence-electron chi connectivity index (χ2n) is 5.37. The van der Waals surface area contributed by atoms with E-state index in [2.05, 4.69) is 22.0 Å². The van der Waals surface area contributed by atoms with Crippen molar-refractivity contribution in [3.05, 3.63) is 63.1 Å². The lowest BCUT2D eigenvalue weighted by atomic mass is 9.97. The van der Waals surface area contributed by atoms with Crippen molar-refractivity contribution in [3.8, 4) is 0 Å². The summed E-state index contributed by atoms with van der Waals surface area (Å²) >= 11 is 3.49. The molecule has 3 rings (SSSR count). The zero-order valence-electron chi connectivity index (χ0n) is 11.9. The van der Waals surface area contributed by atoms with Crippen molar-refractivity contribution in [2.24, 2.45) is 0 Å². The average Bonchev–Trinajstić information content (AvgIpc) is 2.49. The molecule has 2 N–H and O–H groups in total. The number of nitrogens with zero attached hydrogens (tertiary/aromatic N) is 1. The molecule has 3 nitrogen and oxygen atoms in total. The van der Waals surface area contributed by atoms with Crippen LogP contribution < -0.4 is 5.73 Å². The zero-order valence-corrected chi connectivity index (χ0v) is 13.5. The predicted molar refractivity (Wildman–Crippen MR) is 88.2 cm³/mol. The molecule has 108 valence electrons. The van der Waals surface area contributed by atoms with Crippen molar-refractivity contribution in [2.45, 2.75) is 19.9 Å². The first-order valence-corrected chi connectivity index (χ1v) is 7.78. The Kier molecular flexibility index (Phi) is 3.72. The van der Waals surface area contributed by atoms with Gasteiger partial charge < -0.3 is 10.6 Å². The number of anilines is 1. The molecule has 21 heavy (non-hydrogen) atoms. The van der Waals surface area contributed by atoms with Crippen LogP contribution in [0.25, 0.3) is 0 Å². The molecular weight excluding hydrogens is 328 g/mol. The van der Waals surface area contributed by atoms with Crippen molar-refractivity contribution in [1.82, 2.24) is 4.90 Å². The minimum absolute atomic E-state index is 0.0851. The van der Waals surface area contributed by atoms with Gasteiger partial charge in [-0.1, -0.05) is 34.1 Å². The van der Waals surface area contributed by atoms with Gasteiger partial charge in [-0.15, -0.1) is 0 Å². The maximum Gasteiger partial charge on any atom is 0.254 e. The van der Waals surface area contributed by atoms with Gasteiger partial charge in [0.25, 0.3) is 5.91 Å². The Bertz CT molecular complexity index is 712. The normalized spacial score (nSPS) is 13.9. The highest BCUT2D eigenvalue weighted by Gasteiger charge is 2.24. The van der Waals surface area contributed by atoms with Gasteiger partial charge >= 0.3 is 0 Å². The van der Waals surface area contributed by atoms with Gasteiger partial charge in [-0.2, -0.15) is 0 Å². The van der Waals surface area contributed by atoms with Crippen LogP contribution in [0.4, 0.5) is 5.69 Å². The fraction of sp³-hybridized carbons (Fsp3) is 0.235. The van der Waals surface area contributed by atoms with E-state index < -0.39 is 0 Å². The quantitative estimate of drug-likeness (QED) is 0.804. The number of amides is 1. The summed E-state index contributed by atoms with van der Waals surface area (Å²) in [7, 11) is 0. The Morgan fingerprint density at radius 3 is 2.81 bits per heavy atom. The van der Waals surface area contributed by atoms with Gasteiger partial charge in [-0.05, 0) is 48.2 Å². The first-order valence-electron chi connectivity index (χ1n) is 6.98. The van der Waals surface area contributed by atoms with Crippen LogP contribution in [0.5, 0.6) is 0 Å². The van der Waals surface area contributed by atoms with Crippen LogP contribution in [0.1, 0.15) is 27.0 Å². The molecule has 0 aromatic heterocycles. The molecule has 0 fully saturated rings. The van der Waals surface area contributed by atoms with E-state index in [-0.39, 0.29) is 5.91 Å². The molecule has 0 unspecified atom stereocenters. The molecule has 2 aromatic rings. The van der Waals surface area contributed by atoms with Crippen molar-refractivity contribution < 1.29 is 4.79 Å². The van der Waals surface area contributed by atoms with Gasteiger partial charge in [0.05, 0.1) is 0 Å². The number of hydrogen-bond donors (Lipinski definition) is 1. The van der Waals surface area contributed by atoms with E-state index >= 15 is 0 Å². The third-order valence-corrected chi connectivity index (χ3v) is 4.95. The van der Waals surface area contributed by atoms with Crippen LogP contribution in [-0.2, 0) is 13.0 Å². The van der Waals surface area contributed by atoms with E-state index in [0.29, 0.717) is 13.1 Å². The lowest BCUT2D eigenvalue weighted by molar-refractivity contribution is 0.0734. The maximum atomic E-state index is 12.7. The van der Waals surface area contributed by atoms with Gasteiger partial charge in [0, 0.05) is 28.8 Å². The number of benzene rings is 2. The highest BCUT2D eigenvalue weighted by Crippen LogP contribution is 2.27. The molecule has 1 amide bonds. The van der Waals surface area contributed by atoms with Crippen molar-refractivity contribution in [3.63, 3.8) is 0 Å². The molecule has 0 saturated heterocycles. The largest absolute Gasteiger partial charge is 0.398 e. The smallest absolute Gasteiger partial charge is 0.254 e. The molecule has 1 aliphatic heterocycles. The second-order valence-corrected chi connectivity index (χ2v) is 6.23. The van der Waals surface area contributed by atoms with E-state index in [1.807, 2.05) is 42.2 Å². The Morgan fingerprint density at radius 2 is 2.00 bits per heavy atom. The molecule has 0 bridgehead atoms. The maximum absolute atomic E-state index is 12.7. The summed E-state index contributed by atoms with van der Waals surface area (Å²) in [6, 6.07) is 11.7. The molecule has 0 aliphatic carbocycles. The minimum atomic E-state index is 0.0851. The molecule has 1 aliphatic rings. The first kappa shape index (κ1) is 14.1. The van der Waals surface area contributed by atoms with Crippen LogP contribution in [0, 0.1) is 6.92 Å². The van der Waals surface area contributed by atoms with Crippen LogP contribution in [-0.4, -0.2) is 17.4 Å². The number of nitrogen functional groups attached to an aromatic ring is 1. The summed E-state index contributed by atoms with van der Waals surface area (Å²) in [5, 5.41) is 0. The summed E-state index contributed by atoms with van der Waals surface area (Å²) in [6.45, 7) is 3.31. The van der Waals surface area contributed by atoms with E-state index in [1.165, 1.54) is 5.56 Å². The number of carbonyl (C=O) groups excluding carboxylic acids is 1. The van der Waals surface area contributed by atoms with Gasteiger partial charge in [0.2, 0.25) is 0 Å². The number of carbonyl (C=O) groups is 1. The Labute approximate surface area is 132 Å². The monoisotopic (exact) mass is 344 g/mol. The topological polar surface area (TPSA) is 46.3 Å². The van der Waals surface area contributed by atoms with Crippen LogP contribution >= 0.6 is 15.9 Å². The van der Waals surface area contributed by atoms with E-state index in [9.17, 15) is 4.79 Å². The van der Waals surface area contributed by atoms with Crippen LogP contribution in [0.3, 0.4) is 0 Å². The van der Waals surface area contributed by atoms with Gasteiger partial charge in [-0.3, -0.25) is 4.79 Å². The number of hydrogen-bond acceptors (Lipinski definition) is 2. The predicted octanol–water partition coefficient (Wildman–Crippen LogP) is 3.54. The highest BCUT2D eigenvalue weighted by molar-refractivity contribution is 9.10. The standard InChI is InChI=1S/C17H17BrN2O/c1-11-13(5-3-6-15(11)18)17(21)20-9-8-14-12(10-20)4-2-7-16(14)19/h2-7H,8-10,19H2,1H3. The number of rotatable bonds is 1. The minimum Gasteiger partial charge on any atom is -0.398 e. The molecular formula is C17H17BrN2O. The van der Waals surface area contributed by atoms with Crippen LogP contribution in [0.2, 0.25) is 0 Å². The fourth-order valence-electron chi connectivity index (χ4n) is 2.82. The number of nitrogens with two attached hydrogens (primary N) is 1. The first-order chi connectivity index (χ1) is 10.1. The summed E-state index contributed by atoms with van der Waals surface area (Å²) in [4.78, 5) is 14.6. The highest BCUT2D eigenvalue weighted by atomic mass is 79.9. The lowest BCUT2D eigenvalue weighted by Gasteiger charge is -2.30. The zero-order chi connectivity index (χ0) is 15.0. The molecule has 1 heterocycles. The lowest BCUT2D eigenvalue weighted by Crippen LogP contribution is -2.36. The molecule has 0 radical (unpaired) electrons. The van der Waals surface area contributed by atoms with Gasteiger partial charge in [0.15, 0.2) is 0 Å². The summed E-state index contributed by atoms with van der Waals surface area (Å²) in [5.74, 6) is 0.0851. The van der Waals surface area contributed by atoms with Crippen LogP contribution in [0.15, 0.2) is 40.9 Å². The van der Waals surface area contributed by atoms with Crippen molar-refractivity contribution in [2.75, 3.05) is 12.3 Å². The Hall–Kier alpha value is -1.81. The summed E-state index contributed by atoms with van der Waals surface area (Å²) in [6.07, 6.45) is 0.820. The molecule has 0 saturated carbocycles. The van der Waals surface area contributed by atoms with Gasteiger partial charge in [-0.25, -0.2) is 0 Å².